The van der Waals surface area contributed by atoms with Crippen molar-refractivity contribution in [3.8, 4) is 11.3 Å². The minimum Gasteiger partial charge on any atom is -0.345 e. The summed E-state index contributed by atoms with van der Waals surface area (Å²) in [6.45, 7) is 4.34. The largest absolute Gasteiger partial charge is 0.345 e. The number of hydrazone groups is 1. The van der Waals surface area contributed by atoms with Gasteiger partial charge in [0.05, 0.1) is 11.9 Å². The zero-order valence-corrected chi connectivity index (χ0v) is 16.4. The SMILES string of the molecule is Cc1cc(C=NNc2nc(-c3ccc(F)cc3)cs2)c(C)n1C1CCCC1. The summed E-state index contributed by atoms with van der Waals surface area (Å²) in [5, 5.41) is 7.03. The van der Waals surface area contributed by atoms with Gasteiger partial charge in [0, 0.05) is 33.9 Å². The summed E-state index contributed by atoms with van der Waals surface area (Å²) >= 11 is 1.48. The Kier molecular flexibility index (Phi) is 5.07. The standard InChI is InChI=1S/C21H23FN4S/c1-14-11-17(15(2)26(14)19-5-3-4-6-19)12-23-25-21-24-20(13-27-21)16-7-9-18(22)10-8-16/h7-13,19H,3-6H2,1-2H3,(H,24,25). The lowest BCUT2D eigenvalue weighted by atomic mass is 10.2. The first-order chi connectivity index (χ1) is 13.1. The lowest BCUT2D eigenvalue weighted by Gasteiger charge is -2.17. The predicted octanol–water partition coefficient (Wildman–Crippen LogP) is 5.93. The van der Waals surface area contributed by atoms with Crippen molar-refractivity contribution in [2.24, 2.45) is 5.10 Å². The van der Waals surface area contributed by atoms with Crippen LogP contribution in [0.3, 0.4) is 0 Å². The van der Waals surface area contributed by atoms with Crippen LogP contribution in [0.15, 0.2) is 40.8 Å². The highest BCUT2D eigenvalue weighted by molar-refractivity contribution is 7.14. The predicted molar refractivity (Wildman–Crippen MR) is 110 cm³/mol. The van der Waals surface area contributed by atoms with Crippen LogP contribution in [0.2, 0.25) is 0 Å². The molecule has 27 heavy (non-hydrogen) atoms. The molecular weight excluding hydrogens is 359 g/mol. The number of rotatable bonds is 5. The maximum absolute atomic E-state index is 13.0. The van der Waals surface area contributed by atoms with Crippen LogP contribution in [-0.4, -0.2) is 15.8 Å². The monoisotopic (exact) mass is 382 g/mol. The van der Waals surface area contributed by atoms with Gasteiger partial charge in [0.25, 0.3) is 0 Å². The fraction of sp³-hybridized carbons (Fsp3) is 0.333. The highest BCUT2D eigenvalue weighted by atomic mass is 32.1. The Bertz CT molecular complexity index is 949. The third-order valence-corrected chi connectivity index (χ3v) is 5.97. The first-order valence-electron chi connectivity index (χ1n) is 9.31. The zero-order valence-electron chi connectivity index (χ0n) is 15.6. The van der Waals surface area contributed by atoms with Crippen LogP contribution >= 0.6 is 11.3 Å². The quantitative estimate of drug-likeness (QED) is 0.439. The van der Waals surface area contributed by atoms with Crippen molar-refractivity contribution in [1.29, 1.82) is 0 Å². The highest BCUT2D eigenvalue weighted by Crippen LogP contribution is 2.33. The summed E-state index contributed by atoms with van der Waals surface area (Å²) in [4.78, 5) is 4.52. The Morgan fingerprint density at radius 3 is 2.70 bits per heavy atom. The number of halogens is 1. The van der Waals surface area contributed by atoms with Crippen molar-refractivity contribution in [2.45, 2.75) is 45.6 Å². The Labute approximate surface area is 162 Å². The minimum atomic E-state index is -0.243. The van der Waals surface area contributed by atoms with E-state index >= 15 is 0 Å². The molecule has 1 N–H and O–H groups in total. The fourth-order valence-corrected chi connectivity index (χ4v) is 4.56. The molecular formula is C21H23FN4S. The van der Waals surface area contributed by atoms with Crippen LogP contribution in [0.1, 0.15) is 48.7 Å². The second kappa shape index (κ2) is 7.64. The van der Waals surface area contributed by atoms with Gasteiger partial charge in [0.1, 0.15) is 5.82 Å². The smallest absolute Gasteiger partial charge is 0.203 e. The molecule has 1 aliphatic rings. The molecule has 140 valence electrons. The van der Waals surface area contributed by atoms with E-state index in [9.17, 15) is 4.39 Å². The van der Waals surface area contributed by atoms with Gasteiger partial charge in [-0.15, -0.1) is 11.3 Å². The lowest BCUT2D eigenvalue weighted by molar-refractivity contribution is 0.500. The maximum atomic E-state index is 13.0. The van der Waals surface area contributed by atoms with Gasteiger partial charge in [0.15, 0.2) is 0 Å². The van der Waals surface area contributed by atoms with Crippen molar-refractivity contribution in [3.63, 3.8) is 0 Å². The normalized spacial score (nSPS) is 15.1. The highest BCUT2D eigenvalue weighted by Gasteiger charge is 2.20. The van der Waals surface area contributed by atoms with E-state index in [1.807, 2.05) is 11.6 Å². The van der Waals surface area contributed by atoms with Gasteiger partial charge >= 0.3 is 0 Å². The zero-order chi connectivity index (χ0) is 18.8. The van der Waals surface area contributed by atoms with E-state index in [1.54, 1.807) is 12.1 Å². The van der Waals surface area contributed by atoms with Gasteiger partial charge < -0.3 is 4.57 Å². The molecule has 1 saturated carbocycles. The minimum absolute atomic E-state index is 0.243. The number of aryl methyl sites for hydroxylation is 1. The maximum Gasteiger partial charge on any atom is 0.203 e. The van der Waals surface area contributed by atoms with Crippen molar-refractivity contribution in [3.05, 3.63) is 58.5 Å². The van der Waals surface area contributed by atoms with Crippen molar-refractivity contribution in [1.82, 2.24) is 9.55 Å². The number of anilines is 1. The van der Waals surface area contributed by atoms with Gasteiger partial charge in [0.2, 0.25) is 5.13 Å². The Morgan fingerprint density at radius 1 is 1.22 bits per heavy atom. The van der Waals surface area contributed by atoms with E-state index in [0.29, 0.717) is 6.04 Å². The van der Waals surface area contributed by atoms with Crippen LogP contribution in [0.4, 0.5) is 9.52 Å². The molecule has 0 aliphatic heterocycles. The summed E-state index contributed by atoms with van der Waals surface area (Å²) in [5.74, 6) is -0.243. The van der Waals surface area contributed by atoms with Crippen molar-refractivity contribution >= 4 is 22.7 Å². The van der Waals surface area contributed by atoms with Crippen LogP contribution in [-0.2, 0) is 0 Å². The Morgan fingerprint density at radius 2 is 1.96 bits per heavy atom. The molecule has 4 rings (SSSR count). The van der Waals surface area contributed by atoms with Gasteiger partial charge in [-0.05, 0) is 57.0 Å². The van der Waals surface area contributed by atoms with Crippen molar-refractivity contribution in [2.75, 3.05) is 5.43 Å². The number of benzene rings is 1. The molecule has 0 unspecified atom stereocenters. The van der Waals surface area contributed by atoms with Crippen molar-refractivity contribution < 1.29 is 4.39 Å². The fourth-order valence-electron chi connectivity index (χ4n) is 3.89. The Hall–Kier alpha value is -2.47. The van der Waals surface area contributed by atoms with Crippen LogP contribution < -0.4 is 5.43 Å². The number of nitrogens with zero attached hydrogens (tertiary/aromatic N) is 3. The number of hydrogen-bond donors (Lipinski definition) is 1. The van der Waals surface area contributed by atoms with Crippen LogP contribution in [0.5, 0.6) is 0 Å². The molecule has 0 bridgehead atoms. The molecule has 2 aromatic heterocycles. The molecule has 0 saturated heterocycles. The third kappa shape index (κ3) is 3.81. The number of hydrogen-bond acceptors (Lipinski definition) is 4. The van der Waals surface area contributed by atoms with Gasteiger partial charge in [-0.3, -0.25) is 5.43 Å². The third-order valence-electron chi connectivity index (χ3n) is 5.22. The summed E-state index contributed by atoms with van der Waals surface area (Å²) < 4.78 is 15.5. The van der Waals surface area contributed by atoms with E-state index in [2.05, 4.69) is 40.0 Å². The summed E-state index contributed by atoms with van der Waals surface area (Å²) in [5.41, 5.74) is 8.44. The van der Waals surface area contributed by atoms with Gasteiger partial charge in [-0.1, -0.05) is 12.8 Å². The van der Waals surface area contributed by atoms with E-state index in [4.69, 9.17) is 0 Å². The second-order valence-electron chi connectivity index (χ2n) is 7.05. The molecule has 0 amide bonds. The molecule has 0 atom stereocenters. The Balaban J connectivity index is 1.45. The van der Waals surface area contributed by atoms with Gasteiger partial charge in [-0.2, -0.15) is 5.10 Å². The lowest BCUT2D eigenvalue weighted by Crippen LogP contribution is -2.08. The van der Waals surface area contributed by atoms with Crippen LogP contribution in [0.25, 0.3) is 11.3 Å². The summed E-state index contributed by atoms with van der Waals surface area (Å²) in [7, 11) is 0. The average molecular weight is 383 g/mol. The molecule has 1 fully saturated rings. The van der Waals surface area contributed by atoms with Crippen LogP contribution in [0, 0.1) is 19.7 Å². The van der Waals surface area contributed by atoms with E-state index in [-0.39, 0.29) is 5.82 Å². The van der Waals surface area contributed by atoms with E-state index < -0.39 is 0 Å². The average Bonchev–Trinajstić information content (AvgIpc) is 3.38. The second-order valence-corrected chi connectivity index (χ2v) is 7.91. The number of nitrogens with one attached hydrogen (secondary N) is 1. The molecule has 1 aliphatic carbocycles. The van der Waals surface area contributed by atoms with Gasteiger partial charge in [-0.25, -0.2) is 9.37 Å². The molecule has 6 heteroatoms. The topological polar surface area (TPSA) is 42.2 Å². The van der Waals surface area contributed by atoms with E-state index in [1.165, 1.54) is 60.5 Å². The number of thiazole rings is 1. The summed E-state index contributed by atoms with van der Waals surface area (Å²) in [6, 6.07) is 9.19. The van der Waals surface area contributed by atoms with E-state index in [0.717, 1.165) is 22.0 Å². The molecule has 3 aromatic rings. The molecule has 4 nitrogen and oxygen atoms in total. The number of aromatic nitrogens is 2. The first-order valence-corrected chi connectivity index (χ1v) is 10.2. The first kappa shape index (κ1) is 17.9. The molecule has 1 aromatic carbocycles. The summed E-state index contributed by atoms with van der Waals surface area (Å²) in [6.07, 6.45) is 7.07. The molecule has 2 heterocycles. The molecule has 0 radical (unpaired) electrons. The molecule has 0 spiro atoms.